The van der Waals surface area contributed by atoms with Gasteiger partial charge in [0.15, 0.2) is 17.3 Å². The van der Waals surface area contributed by atoms with Crippen molar-refractivity contribution in [1.82, 2.24) is 15.5 Å². The molecule has 1 aromatic heterocycles. The van der Waals surface area contributed by atoms with E-state index >= 15 is 0 Å². The zero-order chi connectivity index (χ0) is 15.4. The maximum atomic E-state index is 5.40. The number of nitrogens with one attached hydrogen (secondary N) is 1. The summed E-state index contributed by atoms with van der Waals surface area (Å²) in [6.45, 7) is 1.01. The van der Waals surface area contributed by atoms with Gasteiger partial charge < -0.3 is 19.3 Å². The van der Waals surface area contributed by atoms with Crippen molar-refractivity contribution in [3.63, 3.8) is 0 Å². The van der Waals surface area contributed by atoms with E-state index in [1.54, 1.807) is 14.2 Å². The number of benzene rings is 1. The molecule has 6 nitrogen and oxygen atoms in total. The van der Waals surface area contributed by atoms with E-state index in [9.17, 15) is 0 Å². The summed E-state index contributed by atoms with van der Waals surface area (Å²) in [4.78, 5) is 4.51. The molecular weight excluding hydrogens is 318 g/mol. The normalized spacial score (nSPS) is 17.4. The van der Waals surface area contributed by atoms with E-state index in [0.717, 1.165) is 18.5 Å². The second-order valence-electron chi connectivity index (χ2n) is 5.42. The van der Waals surface area contributed by atoms with Gasteiger partial charge in [-0.1, -0.05) is 17.6 Å². The van der Waals surface area contributed by atoms with Gasteiger partial charge in [-0.05, 0) is 37.1 Å². The minimum absolute atomic E-state index is 0. The fourth-order valence-corrected chi connectivity index (χ4v) is 2.72. The highest BCUT2D eigenvalue weighted by Gasteiger charge is 2.21. The Bertz CT molecular complexity index is 627. The highest BCUT2D eigenvalue weighted by Crippen LogP contribution is 2.28. The SMILES string of the molecule is COc1ccc(Cc2noc([C@@H]3CCCCN3)n2)cc1OC.Cl. The summed E-state index contributed by atoms with van der Waals surface area (Å²) in [5.74, 6) is 2.80. The number of aromatic nitrogens is 2. The number of ether oxygens (including phenoxy) is 2. The van der Waals surface area contributed by atoms with E-state index in [1.807, 2.05) is 18.2 Å². The minimum atomic E-state index is 0. The summed E-state index contributed by atoms with van der Waals surface area (Å²) in [6.07, 6.45) is 4.07. The fraction of sp³-hybridized carbons (Fsp3) is 0.500. The molecule has 126 valence electrons. The molecule has 1 aliphatic rings. The topological polar surface area (TPSA) is 69.4 Å². The molecule has 1 saturated heterocycles. The van der Waals surface area contributed by atoms with Crippen molar-refractivity contribution in [3.05, 3.63) is 35.5 Å². The van der Waals surface area contributed by atoms with Gasteiger partial charge in [0.1, 0.15) is 0 Å². The van der Waals surface area contributed by atoms with Gasteiger partial charge >= 0.3 is 0 Å². The molecule has 0 spiro atoms. The van der Waals surface area contributed by atoms with Gasteiger partial charge in [-0.25, -0.2) is 0 Å². The van der Waals surface area contributed by atoms with E-state index in [2.05, 4.69) is 15.5 Å². The molecule has 0 aliphatic carbocycles. The number of methoxy groups -OCH3 is 2. The predicted molar refractivity (Wildman–Crippen MR) is 88.5 cm³/mol. The van der Waals surface area contributed by atoms with Crippen molar-refractivity contribution in [2.24, 2.45) is 0 Å². The molecule has 1 N–H and O–H groups in total. The van der Waals surface area contributed by atoms with Gasteiger partial charge in [0.25, 0.3) is 0 Å². The lowest BCUT2D eigenvalue weighted by atomic mass is 10.1. The zero-order valence-electron chi connectivity index (χ0n) is 13.4. The Morgan fingerprint density at radius 3 is 2.74 bits per heavy atom. The molecule has 7 heteroatoms. The molecule has 0 bridgehead atoms. The van der Waals surface area contributed by atoms with Crippen LogP contribution in [-0.2, 0) is 6.42 Å². The molecule has 0 amide bonds. The standard InChI is InChI=1S/C16H21N3O3.ClH/c1-20-13-7-6-11(9-14(13)21-2)10-15-18-16(22-19-15)12-5-3-4-8-17-12;/h6-7,9,12,17H,3-5,8,10H2,1-2H3;1H/t12-;/m0./s1. The molecule has 0 unspecified atom stereocenters. The van der Waals surface area contributed by atoms with Crippen LogP contribution < -0.4 is 14.8 Å². The Morgan fingerprint density at radius 1 is 1.22 bits per heavy atom. The van der Waals surface area contributed by atoms with Crippen molar-refractivity contribution >= 4 is 12.4 Å². The summed E-state index contributed by atoms with van der Waals surface area (Å²) in [5, 5.41) is 7.50. The molecule has 0 radical (unpaired) electrons. The summed E-state index contributed by atoms with van der Waals surface area (Å²) in [7, 11) is 3.25. The van der Waals surface area contributed by atoms with E-state index in [-0.39, 0.29) is 18.4 Å². The Kier molecular flexibility index (Phi) is 6.24. The van der Waals surface area contributed by atoms with Crippen LogP contribution in [0.4, 0.5) is 0 Å². The zero-order valence-corrected chi connectivity index (χ0v) is 14.2. The smallest absolute Gasteiger partial charge is 0.243 e. The van der Waals surface area contributed by atoms with E-state index < -0.39 is 0 Å². The van der Waals surface area contributed by atoms with E-state index in [4.69, 9.17) is 14.0 Å². The first kappa shape index (κ1) is 17.6. The number of halogens is 1. The van der Waals surface area contributed by atoms with Crippen LogP contribution in [0, 0.1) is 0 Å². The van der Waals surface area contributed by atoms with Gasteiger partial charge in [0.2, 0.25) is 5.89 Å². The Labute approximate surface area is 142 Å². The Hall–Kier alpha value is -1.79. The molecule has 0 saturated carbocycles. The van der Waals surface area contributed by atoms with Gasteiger partial charge in [-0.3, -0.25) is 0 Å². The second kappa shape index (κ2) is 8.17. The molecule has 1 fully saturated rings. The monoisotopic (exact) mass is 339 g/mol. The fourth-order valence-electron chi connectivity index (χ4n) is 2.72. The van der Waals surface area contributed by atoms with Crippen LogP contribution in [0.2, 0.25) is 0 Å². The first-order valence-corrected chi connectivity index (χ1v) is 7.57. The molecule has 3 rings (SSSR count). The third-order valence-electron chi connectivity index (χ3n) is 3.90. The quantitative estimate of drug-likeness (QED) is 0.903. The number of hydrogen-bond acceptors (Lipinski definition) is 6. The molecule has 1 aromatic carbocycles. The third kappa shape index (κ3) is 4.14. The number of nitrogens with zero attached hydrogens (tertiary/aromatic N) is 2. The first-order valence-electron chi connectivity index (χ1n) is 7.57. The average Bonchev–Trinajstić information content (AvgIpc) is 3.04. The lowest BCUT2D eigenvalue weighted by Gasteiger charge is -2.19. The lowest BCUT2D eigenvalue weighted by Crippen LogP contribution is -2.27. The summed E-state index contributed by atoms with van der Waals surface area (Å²) in [5.41, 5.74) is 1.06. The van der Waals surface area contributed by atoms with Crippen LogP contribution in [0.15, 0.2) is 22.7 Å². The average molecular weight is 340 g/mol. The highest BCUT2D eigenvalue weighted by atomic mass is 35.5. The molecule has 2 heterocycles. The van der Waals surface area contributed by atoms with Crippen LogP contribution in [0.25, 0.3) is 0 Å². The van der Waals surface area contributed by atoms with E-state index in [0.29, 0.717) is 29.6 Å². The lowest BCUT2D eigenvalue weighted by molar-refractivity contribution is 0.296. The Balaban J connectivity index is 0.00000192. The van der Waals surface area contributed by atoms with Crippen LogP contribution in [-0.4, -0.2) is 30.9 Å². The second-order valence-corrected chi connectivity index (χ2v) is 5.42. The van der Waals surface area contributed by atoms with Crippen molar-refractivity contribution < 1.29 is 14.0 Å². The van der Waals surface area contributed by atoms with Crippen molar-refractivity contribution in [1.29, 1.82) is 0 Å². The highest BCUT2D eigenvalue weighted by molar-refractivity contribution is 5.85. The van der Waals surface area contributed by atoms with E-state index in [1.165, 1.54) is 12.8 Å². The van der Waals surface area contributed by atoms with Crippen molar-refractivity contribution in [2.45, 2.75) is 31.7 Å². The van der Waals surface area contributed by atoms with Crippen molar-refractivity contribution in [3.8, 4) is 11.5 Å². The molecule has 1 atom stereocenters. The number of piperidine rings is 1. The number of hydrogen-bond donors (Lipinski definition) is 1. The third-order valence-corrected chi connectivity index (χ3v) is 3.90. The summed E-state index contributed by atoms with van der Waals surface area (Å²) >= 11 is 0. The maximum Gasteiger partial charge on any atom is 0.243 e. The largest absolute Gasteiger partial charge is 0.493 e. The first-order chi connectivity index (χ1) is 10.8. The predicted octanol–water partition coefficient (Wildman–Crippen LogP) is 2.91. The van der Waals surface area contributed by atoms with Gasteiger partial charge in [-0.15, -0.1) is 12.4 Å². The van der Waals surface area contributed by atoms with Crippen LogP contribution in [0.5, 0.6) is 11.5 Å². The molecule has 23 heavy (non-hydrogen) atoms. The van der Waals surface area contributed by atoms with Gasteiger partial charge in [0, 0.05) is 6.42 Å². The number of rotatable bonds is 5. The molecule has 1 aliphatic heterocycles. The van der Waals surface area contributed by atoms with Crippen LogP contribution >= 0.6 is 12.4 Å². The van der Waals surface area contributed by atoms with Crippen LogP contribution in [0.3, 0.4) is 0 Å². The van der Waals surface area contributed by atoms with Crippen molar-refractivity contribution in [2.75, 3.05) is 20.8 Å². The molecular formula is C16H22ClN3O3. The summed E-state index contributed by atoms with van der Waals surface area (Å²) in [6, 6.07) is 6.00. The summed E-state index contributed by atoms with van der Waals surface area (Å²) < 4.78 is 16.0. The minimum Gasteiger partial charge on any atom is -0.493 e. The van der Waals surface area contributed by atoms with Crippen LogP contribution in [0.1, 0.15) is 42.6 Å². The Morgan fingerprint density at radius 2 is 2.04 bits per heavy atom. The van der Waals surface area contributed by atoms with Gasteiger partial charge in [0.05, 0.1) is 20.3 Å². The van der Waals surface area contributed by atoms with Gasteiger partial charge in [-0.2, -0.15) is 4.98 Å². The molecule has 2 aromatic rings. The maximum absolute atomic E-state index is 5.40.